The fourth-order valence-electron chi connectivity index (χ4n) is 1.49. The van der Waals surface area contributed by atoms with E-state index in [4.69, 9.17) is 26.4 Å². The number of carbonyl (C=O) groups excluding carboxylic acids is 3. The molecule has 142 valence electrons. The van der Waals surface area contributed by atoms with Crippen molar-refractivity contribution in [1.82, 2.24) is 10.6 Å². The molecular weight excluding hydrogens is 359 g/mol. The molecule has 25 heavy (non-hydrogen) atoms. The molecule has 0 rings (SSSR count). The minimum atomic E-state index is -4.38. The van der Waals surface area contributed by atoms with Crippen LogP contribution in [0.4, 0.5) is 0 Å². The SMILES string of the molecule is C[C@H](N)C(=O)N[C@@H](CC(N)=O)C(=O)N[C@H](C=CCP(=O)(O)O)C(=O)O. The number of aliphatic carboxylic acids is 1. The maximum absolute atomic E-state index is 12.1. The summed E-state index contributed by atoms with van der Waals surface area (Å²) in [4.78, 5) is 63.2. The van der Waals surface area contributed by atoms with Gasteiger partial charge < -0.3 is 37.0 Å². The van der Waals surface area contributed by atoms with Gasteiger partial charge in [-0.25, -0.2) is 4.79 Å². The van der Waals surface area contributed by atoms with E-state index in [1.54, 1.807) is 0 Å². The molecule has 9 N–H and O–H groups in total. The molecule has 3 atom stereocenters. The van der Waals surface area contributed by atoms with Crippen LogP contribution in [-0.4, -0.2) is 62.9 Å². The van der Waals surface area contributed by atoms with Crippen molar-refractivity contribution in [1.29, 1.82) is 0 Å². The molecule has 13 heteroatoms. The monoisotopic (exact) mass is 380 g/mol. The van der Waals surface area contributed by atoms with E-state index in [0.717, 1.165) is 12.2 Å². The fraction of sp³-hybridized carbons (Fsp3) is 0.500. The molecule has 0 radical (unpaired) electrons. The molecule has 12 nitrogen and oxygen atoms in total. The number of carbonyl (C=O) groups is 4. The first-order chi connectivity index (χ1) is 11.3. The molecule has 0 aromatic carbocycles. The summed E-state index contributed by atoms with van der Waals surface area (Å²) in [5, 5.41) is 13.2. The highest BCUT2D eigenvalue weighted by Crippen LogP contribution is 2.33. The lowest BCUT2D eigenvalue weighted by Gasteiger charge is -2.20. The van der Waals surface area contributed by atoms with Gasteiger partial charge in [0.25, 0.3) is 0 Å². The van der Waals surface area contributed by atoms with E-state index >= 15 is 0 Å². The number of hydrogen-bond donors (Lipinski definition) is 7. The van der Waals surface area contributed by atoms with Crippen LogP contribution in [0, 0.1) is 0 Å². The summed E-state index contributed by atoms with van der Waals surface area (Å²) in [6, 6.07) is -4.07. The van der Waals surface area contributed by atoms with Crippen LogP contribution in [0.3, 0.4) is 0 Å². The van der Waals surface area contributed by atoms with Gasteiger partial charge in [-0.15, -0.1) is 0 Å². The summed E-state index contributed by atoms with van der Waals surface area (Å²) in [6.45, 7) is 1.33. The summed E-state index contributed by atoms with van der Waals surface area (Å²) < 4.78 is 10.7. The Hall–Kier alpha value is -2.27. The van der Waals surface area contributed by atoms with Crippen LogP contribution in [0.2, 0.25) is 0 Å². The molecule has 0 spiro atoms. The number of allylic oxidation sites excluding steroid dienone is 1. The summed E-state index contributed by atoms with van der Waals surface area (Å²) in [6.07, 6.45) is 0.430. The van der Waals surface area contributed by atoms with E-state index in [1.165, 1.54) is 6.92 Å². The number of rotatable bonds is 10. The summed E-state index contributed by atoms with van der Waals surface area (Å²) >= 11 is 0. The second-order valence-electron chi connectivity index (χ2n) is 5.12. The number of amides is 3. The highest BCUT2D eigenvalue weighted by atomic mass is 31.2. The van der Waals surface area contributed by atoms with E-state index in [2.05, 4.69) is 5.32 Å². The third-order valence-corrected chi connectivity index (χ3v) is 3.37. The van der Waals surface area contributed by atoms with E-state index < -0.39 is 62.0 Å². The average Bonchev–Trinajstić information content (AvgIpc) is 2.43. The molecule has 0 aromatic rings. The highest BCUT2D eigenvalue weighted by molar-refractivity contribution is 7.51. The Morgan fingerprint density at radius 3 is 2.12 bits per heavy atom. The van der Waals surface area contributed by atoms with Crippen molar-refractivity contribution in [2.24, 2.45) is 11.5 Å². The van der Waals surface area contributed by atoms with Crippen molar-refractivity contribution >= 4 is 31.3 Å². The first-order valence-electron chi connectivity index (χ1n) is 6.92. The lowest BCUT2D eigenvalue weighted by molar-refractivity contribution is -0.141. The maximum Gasteiger partial charge on any atom is 0.330 e. The number of primary amides is 1. The number of hydrogen-bond acceptors (Lipinski definition) is 6. The smallest absolute Gasteiger partial charge is 0.330 e. The first kappa shape index (κ1) is 22.7. The summed E-state index contributed by atoms with van der Waals surface area (Å²) in [5.41, 5.74) is 10.3. The Kier molecular flexibility index (Phi) is 8.99. The Labute approximate surface area is 142 Å². The van der Waals surface area contributed by atoms with Crippen molar-refractivity contribution in [2.45, 2.75) is 31.5 Å². The molecule has 0 unspecified atom stereocenters. The van der Waals surface area contributed by atoms with Crippen LogP contribution in [0.15, 0.2) is 12.2 Å². The van der Waals surface area contributed by atoms with Crippen molar-refractivity contribution in [2.75, 3.05) is 6.16 Å². The largest absolute Gasteiger partial charge is 0.479 e. The fourth-order valence-corrected chi connectivity index (χ4v) is 1.89. The molecule has 0 heterocycles. The zero-order chi connectivity index (χ0) is 19.8. The molecule has 0 aliphatic carbocycles. The molecule has 0 aliphatic rings. The van der Waals surface area contributed by atoms with Gasteiger partial charge in [0.1, 0.15) is 12.1 Å². The van der Waals surface area contributed by atoms with Crippen molar-refractivity contribution in [3.8, 4) is 0 Å². The van der Waals surface area contributed by atoms with Gasteiger partial charge in [0.2, 0.25) is 17.7 Å². The number of carboxylic acid groups (broad SMARTS) is 1. The molecule has 0 aliphatic heterocycles. The maximum atomic E-state index is 12.1. The van der Waals surface area contributed by atoms with Crippen LogP contribution in [0.1, 0.15) is 13.3 Å². The van der Waals surface area contributed by atoms with Gasteiger partial charge in [-0.3, -0.25) is 18.9 Å². The van der Waals surface area contributed by atoms with Gasteiger partial charge in [-0.1, -0.05) is 12.2 Å². The lowest BCUT2D eigenvalue weighted by Crippen LogP contribution is -2.54. The molecule has 0 aromatic heterocycles. The normalized spacial score (nSPS) is 15.2. The Morgan fingerprint density at radius 2 is 1.72 bits per heavy atom. The van der Waals surface area contributed by atoms with Gasteiger partial charge >= 0.3 is 13.6 Å². The van der Waals surface area contributed by atoms with Gasteiger partial charge in [0.05, 0.1) is 18.6 Å². The number of carboxylic acids is 1. The van der Waals surface area contributed by atoms with Crippen molar-refractivity contribution in [3.05, 3.63) is 12.2 Å². The van der Waals surface area contributed by atoms with Crippen molar-refractivity contribution in [3.63, 3.8) is 0 Å². The van der Waals surface area contributed by atoms with Crippen LogP contribution < -0.4 is 22.1 Å². The Balaban J connectivity index is 5.12. The molecule has 3 amide bonds. The zero-order valence-electron chi connectivity index (χ0n) is 13.3. The summed E-state index contributed by atoms with van der Waals surface area (Å²) in [7, 11) is -4.38. The minimum Gasteiger partial charge on any atom is -0.479 e. The predicted octanol–water partition coefficient (Wildman–Crippen LogP) is -3.00. The topological polar surface area (TPSA) is 222 Å². The van der Waals surface area contributed by atoms with Gasteiger partial charge in [0.15, 0.2) is 0 Å². The van der Waals surface area contributed by atoms with E-state index in [-0.39, 0.29) is 0 Å². The highest BCUT2D eigenvalue weighted by Gasteiger charge is 2.27. The lowest BCUT2D eigenvalue weighted by atomic mass is 10.1. The van der Waals surface area contributed by atoms with Crippen LogP contribution in [0.25, 0.3) is 0 Å². The molecule has 0 fully saturated rings. The third-order valence-electron chi connectivity index (χ3n) is 2.69. The first-order valence-corrected chi connectivity index (χ1v) is 8.72. The van der Waals surface area contributed by atoms with Crippen LogP contribution in [-0.2, 0) is 23.7 Å². The third kappa shape index (κ3) is 10.2. The second-order valence-corrected chi connectivity index (χ2v) is 6.81. The van der Waals surface area contributed by atoms with Crippen LogP contribution in [0.5, 0.6) is 0 Å². The standard InChI is InChI=1S/C12H21N4O8P/c1-6(13)10(18)16-8(5-9(14)17)11(19)15-7(12(20)21)3-2-4-25(22,23)24/h2-3,6-8H,4-5,13H2,1H3,(H2,14,17)(H,15,19)(H,16,18)(H,20,21)(H2,22,23,24)/t6-,7+,8-/m0/s1. The average molecular weight is 380 g/mol. The predicted molar refractivity (Wildman–Crippen MR) is 85.0 cm³/mol. The Morgan fingerprint density at radius 1 is 1.16 bits per heavy atom. The summed E-state index contributed by atoms with van der Waals surface area (Å²) in [5.74, 6) is -4.23. The minimum absolute atomic E-state index is 0.594. The molecule has 0 saturated heterocycles. The van der Waals surface area contributed by atoms with E-state index in [0.29, 0.717) is 0 Å². The zero-order valence-corrected chi connectivity index (χ0v) is 14.2. The second kappa shape index (κ2) is 9.89. The quantitative estimate of drug-likeness (QED) is 0.151. The molecule has 0 saturated carbocycles. The van der Waals surface area contributed by atoms with E-state index in [1.807, 2.05) is 5.32 Å². The van der Waals surface area contributed by atoms with Gasteiger partial charge in [0, 0.05) is 0 Å². The van der Waals surface area contributed by atoms with Crippen molar-refractivity contribution < 1.29 is 38.6 Å². The van der Waals surface area contributed by atoms with Gasteiger partial charge in [-0.2, -0.15) is 0 Å². The number of nitrogens with two attached hydrogens (primary N) is 2. The molecular formula is C12H21N4O8P. The van der Waals surface area contributed by atoms with E-state index in [9.17, 15) is 23.7 Å². The van der Waals surface area contributed by atoms with Crippen LogP contribution >= 0.6 is 7.60 Å². The number of nitrogens with one attached hydrogen (secondary N) is 2. The molecule has 0 bridgehead atoms. The Bertz CT molecular complexity index is 600. The van der Waals surface area contributed by atoms with Gasteiger partial charge in [-0.05, 0) is 6.92 Å².